The van der Waals surface area contributed by atoms with Crippen LogP contribution in [0.25, 0.3) is 0 Å². The lowest BCUT2D eigenvalue weighted by atomic mass is 10.2. The lowest BCUT2D eigenvalue weighted by molar-refractivity contribution is -0.394. The summed E-state index contributed by atoms with van der Waals surface area (Å²) in [4.78, 5) is 19.8. The van der Waals surface area contributed by atoms with Gasteiger partial charge in [-0.05, 0) is 18.3 Å². The third-order valence-electron chi connectivity index (χ3n) is 1.80. The molecule has 0 aliphatic rings. The van der Waals surface area contributed by atoms with Gasteiger partial charge >= 0.3 is 0 Å². The Labute approximate surface area is 106 Å². The molecule has 1 aromatic rings. The van der Waals surface area contributed by atoms with Gasteiger partial charge in [0.1, 0.15) is 0 Å². The maximum absolute atomic E-state index is 10.7. The molecule has 94 valence electrons. The first-order chi connectivity index (χ1) is 8.41. The Hall–Kier alpha value is -2.62. The molecule has 0 aromatic heterocycles. The molecule has 0 unspecified atom stereocenters. The molecule has 10 heteroatoms. The summed E-state index contributed by atoms with van der Waals surface area (Å²) in [5.41, 5.74) is 6.61. The first-order valence-electron chi connectivity index (χ1n) is 4.43. The van der Waals surface area contributed by atoms with Crippen LogP contribution in [0.2, 0.25) is 0 Å². The van der Waals surface area contributed by atoms with Crippen LogP contribution in [-0.4, -0.2) is 21.2 Å². The number of nitrogens with two attached hydrogens (primary N) is 1. The van der Waals surface area contributed by atoms with Crippen LogP contribution in [0, 0.1) is 20.2 Å². The van der Waals surface area contributed by atoms with E-state index in [4.69, 9.17) is 5.73 Å². The van der Waals surface area contributed by atoms with Crippen LogP contribution < -0.4 is 11.2 Å². The molecular weight excluding hydrogens is 262 g/mol. The zero-order valence-corrected chi connectivity index (χ0v) is 9.59. The quantitative estimate of drug-likeness (QED) is 0.354. The van der Waals surface area contributed by atoms with E-state index in [1.165, 1.54) is 6.07 Å². The van der Waals surface area contributed by atoms with Crippen molar-refractivity contribution in [2.24, 2.45) is 10.8 Å². The third-order valence-corrected chi connectivity index (χ3v) is 1.89. The second-order valence-corrected chi connectivity index (χ2v) is 3.43. The van der Waals surface area contributed by atoms with Crippen molar-refractivity contribution >= 4 is 34.9 Å². The summed E-state index contributed by atoms with van der Waals surface area (Å²) in [5, 5.41) is 24.7. The molecule has 0 saturated heterocycles. The highest BCUT2D eigenvalue weighted by atomic mass is 32.1. The fourth-order valence-electron chi connectivity index (χ4n) is 1.08. The predicted molar refractivity (Wildman–Crippen MR) is 67.3 cm³/mol. The van der Waals surface area contributed by atoms with Gasteiger partial charge < -0.3 is 5.73 Å². The van der Waals surface area contributed by atoms with Gasteiger partial charge in [-0.1, -0.05) is 0 Å². The molecular formula is C8H7N5O4S. The summed E-state index contributed by atoms with van der Waals surface area (Å²) < 4.78 is 0. The summed E-state index contributed by atoms with van der Waals surface area (Å²) in [6.45, 7) is 0. The molecule has 18 heavy (non-hydrogen) atoms. The van der Waals surface area contributed by atoms with Crippen molar-refractivity contribution in [1.29, 1.82) is 0 Å². The van der Waals surface area contributed by atoms with Gasteiger partial charge in [-0.2, -0.15) is 5.10 Å². The van der Waals surface area contributed by atoms with E-state index in [-0.39, 0.29) is 16.4 Å². The Kier molecular flexibility index (Phi) is 4.21. The van der Waals surface area contributed by atoms with Gasteiger partial charge in [-0.25, -0.2) is 0 Å². The number of rotatable bonds is 4. The van der Waals surface area contributed by atoms with Crippen molar-refractivity contribution in [3.8, 4) is 0 Å². The normalized spacial score (nSPS) is 10.2. The number of thiocarbonyl (C=S) groups is 1. The largest absolute Gasteiger partial charge is 0.375 e. The number of hydrazone groups is 1. The molecule has 0 bridgehead atoms. The number of nitrogens with one attached hydrogen (secondary N) is 1. The van der Waals surface area contributed by atoms with Gasteiger partial charge in [0.2, 0.25) is 0 Å². The van der Waals surface area contributed by atoms with E-state index in [2.05, 4.69) is 22.7 Å². The zero-order valence-electron chi connectivity index (χ0n) is 8.77. The topological polar surface area (TPSA) is 137 Å². The van der Waals surface area contributed by atoms with E-state index in [9.17, 15) is 20.2 Å². The third kappa shape index (κ3) is 3.45. The van der Waals surface area contributed by atoms with Crippen molar-refractivity contribution in [1.82, 2.24) is 5.43 Å². The maximum atomic E-state index is 10.7. The summed E-state index contributed by atoms with van der Waals surface area (Å²) in [6.07, 6.45) is 1.10. The molecule has 0 spiro atoms. The molecule has 0 radical (unpaired) electrons. The highest BCUT2D eigenvalue weighted by molar-refractivity contribution is 7.80. The average molecular weight is 269 g/mol. The summed E-state index contributed by atoms with van der Waals surface area (Å²) in [5.74, 6) is 0. The lowest BCUT2D eigenvalue weighted by Crippen LogP contribution is -2.24. The molecule has 0 amide bonds. The SMILES string of the molecule is NC(=S)NN=Cc1ccc([N+](=O)[O-])cc1[N+](=O)[O-]. The molecule has 0 aliphatic carbocycles. The number of nitrogens with zero attached hydrogens (tertiary/aromatic N) is 3. The lowest BCUT2D eigenvalue weighted by Gasteiger charge is -1.98. The maximum Gasteiger partial charge on any atom is 0.285 e. The standard InChI is InChI=1S/C8H7N5O4S/c9-8(18)11-10-4-5-1-2-6(12(14)15)3-7(5)13(16)17/h1-4H,(H3,9,11,18). The van der Waals surface area contributed by atoms with E-state index in [1.54, 1.807) is 0 Å². The van der Waals surface area contributed by atoms with Crippen LogP contribution in [0.15, 0.2) is 23.3 Å². The second-order valence-electron chi connectivity index (χ2n) is 2.99. The molecule has 0 heterocycles. The Morgan fingerprint density at radius 1 is 1.39 bits per heavy atom. The Balaban J connectivity index is 3.12. The van der Waals surface area contributed by atoms with Crippen LogP contribution in [-0.2, 0) is 0 Å². The van der Waals surface area contributed by atoms with Crippen LogP contribution in [0.1, 0.15) is 5.56 Å². The molecule has 1 aromatic carbocycles. The molecule has 0 aliphatic heterocycles. The van der Waals surface area contributed by atoms with E-state index >= 15 is 0 Å². The fraction of sp³-hybridized carbons (Fsp3) is 0. The van der Waals surface area contributed by atoms with Crippen molar-refractivity contribution in [3.63, 3.8) is 0 Å². The highest BCUT2D eigenvalue weighted by Crippen LogP contribution is 2.23. The van der Waals surface area contributed by atoms with Crippen LogP contribution in [0.3, 0.4) is 0 Å². The fourth-order valence-corrected chi connectivity index (χ4v) is 1.13. The van der Waals surface area contributed by atoms with E-state index in [0.29, 0.717) is 0 Å². The number of non-ortho nitro benzene ring substituents is 1. The van der Waals surface area contributed by atoms with E-state index in [1.807, 2.05) is 0 Å². The smallest absolute Gasteiger partial charge is 0.285 e. The summed E-state index contributed by atoms with van der Waals surface area (Å²) >= 11 is 4.48. The Bertz CT molecular complexity index is 544. The van der Waals surface area contributed by atoms with Gasteiger partial charge in [-0.3, -0.25) is 25.7 Å². The highest BCUT2D eigenvalue weighted by Gasteiger charge is 2.18. The van der Waals surface area contributed by atoms with Crippen molar-refractivity contribution in [3.05, 3.63) is 44.0 Å². The van der Waals surface area contributed by atoms with Gasteiger partial charge in [-0.15, -0.1) is 0 Å². The molecule has 0 atom stereocenters. The van der Waals surface area contributed by atoms with Crippen molar-refractivity contribution in [2.75, 3.05) is 0 Å². The Morgan fingerprint density at radius 2 is 2.06 bits per heavy atom. The first-order valence-corrected chi connectivity index (χ1v) is 4.84. The molecule has 9 nitrogen and oxygen atoms in total. The second kappa shape index (κ2) is 5.63. The van der Waals surface area contributed by atoms with Crippen molar-refractivity contribution < 1.29 is 9.85 Å². The first kappa shape index (κ1) is 13.4. The number of nitro groups is 2. The molecule has 0 fully saturated rings. The van der Waals surface area contributed by atoms with Gasteiger partial charge in [0, 0.05) is 6.07 Å². The van der Waals surface area contributed by atoms with E-state index in [0.717, 1.165) is 18.3 Å². The number of benzene rings is 1. The van der Waals surface area contributed by atoms with Gasteiger partial charge in [0.05, 0.1) is 27.7 Å². The zero-order chi connectivity index (χ0) is 13.7. The minimum Gasteiger partial charge on any atom is -0.375 e. The number of hydrogen-bond donors (Lipinski definition) is 2. The summed E-state index contributed by atoms with van der Waals surface area (Å²) in [6, 6.07) is 3.19. The number of hydrogen-bond acceptors (Lipinski definition) is 6. The minimum absolute atomic E-state index is 0.0920. The molecule has 1 rings (SSSR count). The van der Waals surface area contributed by atoms with Gasteiger partial charge in [0.25, 0.3) is 11.4 Å². The van der Waals surface area contributed by atoms with Crippen LogP contribution >= 0.6 is 12.2 Å². The van der Waals surface area contributed by atoms with Crippen LogP contribution in [0.4, 0.5) is 11.4 Å². The minimum atomic E-state index is -0.741. The van der Waals surface area contributed by atoms with E-state index < -0.39 is 15.5 Å². The monoisotopic (exact) mass is 269 g/mol. The van der Waals surface area contributed by atoms with Crippen molar-refractivity contribution in [2.45, 2.75) is 0 Å². The summed E-state index contributed by atoms with van der Waals surface area (Å²) in [7, 11) is 0. The van der Waals surface area contributed by atoms with Crippen LogP contribution in [0.5, 0.6) is 0 Å². The average Bonchev–Trinajstić information content (AvgIpc) is 2.28. The molecule has 3 N–H and O–H groups in total. The predicted octanol–water partition coefficient (Wildman–Crippen LogP) is 0.670. The number of nitro benzene ring substituents is 2. The molecule has 0 saturated carbocycles. The Morgan fingerprint density at radius 3 is 2.56 bits per heavy atom. The van der Waals surface area contributed by atoms with Gasteiger partial charge in [0.15, 0.2) is 5.11 Å².